The lowest BCUT2D eigenvalue weighted by Crippen LogP contribution is -1.74. The monoisotopic (exact) mass is 424 g/mol. The minimum Gasteiger partial charge on any atom is -0.508 e. The number of benzene rings is 2. The van der Waals surface area contributed by atoms with E-state index in [-0.39, 0.29) is 17.2 Å². The first-order chi connectivity index (χ1) is 12.1. The average Bonchev–Trinajstić information content (AvgIpc) is 2.42. The lowest BCUT2D eigenvalue weighted by atomic mass is 10.1. The van der Waals surface area contributed by atoms with Gasteiger partial charge in [0.1, 0.15) is 17.2 Å². The van der Waals surface area contributed by atoms with Gasteiger partial charge in [-0.15, -0.1) is 0 Å². The van der Waals surface area contributed by atoms with Crippen LogP contribution in [0.2, 0.25) is 0 Å². The summed E-state index contributed by atoms with van der Waals surface area (Å²) >= 11 is 0. The van der Waals surface area contributed by atoms with Crippen molar-refractivity contribution < 1.29 is 53.8 Å². The van der Waals surface area contributed by atoms with E-state index in [9.17, 15) is 10.2 Å². The van der Waals surface area contributed by atoms with Crippen molar-refractivity contribution in [3.63, 3.8) is 0 Å². The summed E-state index contributed by atoms with van der Waals surface area (Å²) in [6.07, 6.45) is 3.60. The summed E-state index contributed by atoms with van der Waals surface area (Å²) in [5.41, 5.74) is 1.63. The molecule has 0 aliphatic heterocycles. The normalized spacial score (nSPS) is 11.2. The van der Waals surface area contributed by atoms with E-state index in [0.717, 1.165) is 5.56 Å². The molecule has 11 nitrogen and oxygen atoms in total. The summed E-state index contributed by atoms with van der Waals surface area (Å²) < 4.78 is 17.8. The van der Waals surface area contributed by atoms with E-state index in [4.69, 9.17) is 43.6 Å². The van der Waals surface area contributed by atoms with Crippen molar-refractivity contribution in [2.24, 2.45) is 0 Å². The number of aromatic hydroxyl groups is 3. The smallest absolute Gasteiger partial charge is 0.466 e. The molecule has 0 aliphatic carbocycles. The molecule has 0 fully saturated rings. The van der Waals surface area contributed by atoms with Crippen molar-refractivity contribution in [1.29, 1.82) is 0 Å². The van der Waals surface area contributed by atoms with Crippen LogP contribution in [0.4, 0.5) is 0 Å². The van der Waals surface area contributed by atoms with Crippen molar-refractivity contribution in [2.45, 2.75) is 0 Å². The third-order valence-electron chi connectivity index (χ3n) is 2.29. The molecule has 27 heavy (non-hydrogen) atoms. The first-order valence-electron chi connectivity index (χ1n) is 6.70. The Kier molecular flexibility index (Phi) is 9.95. The van der Waals surface area contributed by atoms with Gasteiger partial charge in [-0.05, 0) is 35.4 Å². The second-order valence-electron chi connectivity index (χ2n) is 4.73. The van der Waals surface area contributed by atoms with Gasteiger partial charge in [-0.3, -0.25) is 0 Å². The van der Waals surface area contributed by atoms with Crippen LogP contribution in [0.1, 0.15) is 11.1 Å². The molecular weight excluding hydrogens is 406 g/mol. The number of phosphoric acid groups is 2. The molecule has 0 bridgehead atoms. The van der Waals surface area contributed by atoms with Gasteiger partial charge in [-0.25, -0.2) is 9.13 Å². The van der Waals surface area contributed by atoms with Gasteiger partial charge >= 0.3 is 15.6 Å². The summed E-state index contributed by atoms with van der Waals surface area (Å²) in [5.74, 6) is 0.267. The summed E-state index contributed by atoms with van der Waals surface area (Å²) in [6, 6.07) is 11.1. The summed E-state index contributed by atoms with van der Waals surface area (Å²) in [5, 5.41) is 27.7. The van der Waals surface area contributed by atoms with Gasteiger partial charge in [-0.1, -0.05) is 24.3 Å². The van der Waals surface area contributed by atoms with Crippen molar-refractivity contribution in [3.8, 4) is 17.2 Å². The Morgan fingerprint density at radius 2 is 0.889 bits per heavy atom. The number of hydrogen-bond donors (Lipinski definition) is 9. The molecule has 13 heteroatoms. The molecule has 0 spiro atoms. The third kappa shape index (κ3) is 18.4. The molecule has 0 atom stereocenters. The average molecular weight is 424 g/mol. The molecule has 0 unspecified atom stereocenters. The molecule has 0 saturated heterocycles. The maximum Gasteiger partial charge on any atom is 0.466 e. The highest BCUT2D eigenvalue weighted by Gasteiger charge is 2.00. The molecule has 0 saturated carbocycles. The lowest BCUT2D eigenvalue weighted by Gasteiger charge is -1.98. The Labute approximate surface area is 153 Å². The van der Waals surface area contributed by atoms with Crippen molar-refractivity contribution >= 4 is 27.8 Å². The fourth-order valence-corrected chi connectivity index (χ4v) is 1.49. The standard InChI is InChI=1S/C14H12O3.2H3O4P/c15-12-5-3-10(4-6-12)1-2-11-7-13(16)9-14(17)8-11;2*1-5(2,3)4/h1-9,15-17H;2*(H3,1,2,3,4). The van der Waals surface area contributed by atoms with Crippen LogP contribution in [0, 0.1) is 0 Å². The lowest BCUT2D eigenvalue weighted by molar-refractivity contribution is 0.272. The molecule has 0 aromatic heterocycles. The quantitative estimate of drug-likeness (QED) is 0.246. The van der Waals surface area contributed by atoms with E-state index in [1.54, 1.807) is 42.5 Å². The second kappa shape index (κ2) is 10.8. The molecule has 2 rings (SSSR count). The maximum atomic E-state index is 9.30. The molecule has 9 N–H and O–H groups in total. The predicted octanol–water partition coefficient (Wildman–Crippen LogP) is 1.12. The first kappa shape index (κ1) is 24.8. The van der Waals surface area contributed by atoms with Gasteiger partial charge in [0.2, 0.25) is 0 Å². The first-order valence-corrected chi connectivity index (χ1v) is 9.83. The molecule has 2 aromatic carbocycles. The zero-order chi connectivity index (χ0) is 21.3. The second-order valence-corrected chi connectivity index (χ2v) is 6.79. The zero-order valence-electron chi connectivity index (χ0n) is 13.4. The van der Waals surface area contributed by atoms with Crippen LogP contribution < -0.4 is 0 Å². The topological polar surface area (TPSA) is 216 Å². The van der Waals surface area contributed by atoms with E-state index in [2.05, 4.69) is 0 Å². The molecule has 0 radical (unpaired) electrons. The fourth-order valence-electron chi connectivity index (χ4n) is 1.49. The molecule has 2 aromatic rings. The highest BCUT2D eigenvalue weighted by molar-refractivity contribution is 7.45. The summed E-state index contributed by atoms with van der Waals surface area (Å²) in [6.45, 7) is 0. The highest BCUT2D eigenvalue weighted by atomic mass is 31.2. The van der Waals surface area contributed by atoms with Gasteiger partial charge < -0.3 is 44.7 Å². The number of phenols is 3. The summed E-state index contributed by atoms with van der Waals surface area (Å²) in [4.78, 5) is 43.1. The van der Waals surface area contributed by atoms with E-state index >= 15 is 0 Å². The van der Waals surface area contributed by atoms with E-state index < -0.39 is 15.6 Å². The molecule has 0 heterocycles. The molecule has 0 aliphatic rings. The minimum atomic E-state index is -4.64. The van der Waals surface area contributed by atoms with E-state index in [1.165, 1.54) is 6.07 Å². The van der Waals surface area contributed by atoms with Gasteiger partial charge in [0, 0.05) is 6.07 Å². The van der Waals surface area contributed by atoms with Gasteiger partial charge in [0.25, 0.3) is 0 Å². The van der Waals surface area contributed by atoms with Gasteiger partial charge in [0.05, 0.1) is 0 Å². The predicted molar refractivity (Wildman–Crippen MR) is 95.3 cm³/mol. The Balaban J connectivity index is 0.000000563. The molecular formula is C14H18O11P2. The Bertz CT molecular complexity index is 780. The van der Waals surface area contributed by atoms with Crippen LogP contribution in [0.25, 0.3) is 12.2 Å². The Morgan fingerprint density at radius 3 is 1.26 bits per heavy atom. The number of phenolic OH excluding ortho intramolecular Hbond substituents is 3. The Morgan fingerprint density at radius 1 is 0.556 bits per heavy atom. The van der Waals surface area contributed by atoms with Gasteiger partial charge in [-0.2, -0.15) is 0 Å². The van der Waals surface area contributed by atoms with Crippen LogP contribution in [-0.4, -0.2) is 44.7 Å². The maximum absolute atomic E-state index is 9.30. The minimum absolute atomic E-state index is 0.0235. The largest absolute Gasteiger partial charge is 0.508 e. The third-order valence-corrected chi connectivity index (χ3v) is 2.29. The van der Waals surface area contributed by atoms with E-state index in [1.807, 2.05) is 6.08 Å². The van der Waals surface area contributed by atoms with Crippen LogP contribution in [0.5, 0.6) is 17.2 Å². The van der Waals surface area contributed by atoms with E-state index in [0.29, 0.717) is 5.56 Å². The van der Waals surface area contributed by atoms with Crippen molar-refractivity contribution in [1.82, 2.24) is 0 Å². The van der Waals surface area contributed by atoms with Crippen LogP contribution in [0.15, 0.2) is 42.5 Å². The number of hydrogen-bond acceptors (Lipinski definition) is 5. The van der Waals surface area contributed by atoms with Crippen LogP contribution in [-0.2, 0) is 9.13 Å². The zero-order valence-corrected chi connectivity index (χ0v) is 15.2. The van der Waals surface area contributed by atoms with Crippen molar-refractivity contribution in [3.05, 3.63) is 53.6 Å². The Hall–Kier alpha value is -2.20. The van der Waals surface area contributed by atoms with Crippen LogP contribution in [0.3, 0.4) is 0 Å². The summed E-state index contributed by atoms with van der Waals surface area (Å²) in [7, 11) is -9.28. The fraction of sp³-hybridized carbons (Fsp3) is 0. The van der Waals surface area contributed by atoms with Crippen molar-refractivity contribution in [2.75, 3.05) is 0 Å². The van der Waals surface area contributed by atoms with Crippen LogP contribution >= 0.6 is 15.6 Å². The SMILES string of the molecule is O=P(O)(O)O.O=P(O)(O)O.Oc1ccc(C=Cc2cc(O)cc(O)c2)cc1. The molecule has 150 valence electrons. The van der Waals surface area contributed by atoms with Gasteiger partial charge in [0.15, 0.2) is 0 Å². The highest BCUT2D eigenvalue weighted by Crippen LogP contribution is 2.26. The number of rotatable bonds is 2. The molecule has 0 amide bonds.